The first kappa shape index (κ1) is 26.2. The van der Waals surface area contributed by atoms with Crippen LogP contribution in [-0.4, -0.2) is 76.2 Å². The third-order valence-electron chi connectivity index (χ3n) is 8.52. The average Bonchev–Trinajstić information content (AvgIpc) is 3.47. The minimum absolute atomic E-state index is 0.0483. The first-order valence-corrected chi connectivity index (χ1v) is 13.1. The van der Waals surface area contributed by atoms with Gasteiger partial charge in [0.25, 0.3) is 0 Å². The molecule has 0 bridgehead atoms. The fourth-order valence-electron chi connectivity index (χ4n) is 6.55. The molecule has 1 aromatic rings. The fourth-order valence-corrected chi connectivity index (χ4v) is 6.55. The number of anilines is 1. The van der Waals surface area contributed by atoms with E-state index in [1.54, 1.807) is 16.8 Å². The van der Waals surface area contributed by atoms with E-state index in [1.807, 2.05) is 38.1 Å². The highest BCUT2D eigenvalue weighted by molar-refractivity contribution is 6.07. The van der Waals surface area contributed by atoms with Gasteiger partial charge in [0.1, 0.15) is 12.1 Å². The quantitative estimate of drug-likeness (QED) is 0.657. The standard InChI is InChI=1S/C28H39N5O3/c1-7-33-22(12-13-27(33,4)5)24(34)31(6)23(14-18(2)3)25(35)32-17-28(15-19(32)16-29)20-10-8-9-11-21(20)30-26(28)36/h8-11,18-19,22-23H,7,12-15,17H2,1-6H3,(H,30,36)/t19-,22-,23-,28-/m0/s1. The molecule has 4 rings (SSSR count). The Morgan fingerprint density at radius 3 is 2.61 bits per heavy atom. The summed E-state index contributed by atoms with van der Waals surface area (Å²) in [6.07, 6.45) is 2.43. The molecule has 3 heterocycles. The second-order valence-electron chi connectivity index (χ2n) is 11.6. The van der Waals surface area contributed by atoms with Crippen LogP contribution in [0, 0.1) is 17.2 Å². The van der Waals surface area contributed by atoms with Gasteiger partial charge >= 0.3 is 0 Å². The molecule has 0 unspecified atom stereocenters. The normalized spacial score (nSPS) is 27.7. The van der Waals surface area contributed by atoms with Crippen LogP contribution in [0.4, 0.5) is 5.69 Å². The summed E-state index contributed by atoms with van der Waals surface area (Å²) in [4.78, 5) is 46.4. The second kappa shape index (κ2) is 9.51. The zero-order valence-electron chi connectivity index (χ0n) is 22.4. The highest BCUT2D eigenvalue weighted by Gasteiger charge is 2.57. The van der Waals surface area contributed by atoms with E-state index in [0.29, 0.717) is 6.42 Å². The van der Waals surface area contributed by atoms with E-state index >= 15 is 0 Å². The van der Waals surface area contributed by atoms with Gasteiger partial charge < -0.3 is 15.1 Å². The van der Waals surface area contributed by atoms with Crippen molar-refractivity contribution in [3.05, 3.63) is 29.8 Å². The highest BCUT2D eigenvalue weighted by atomic mass is 16.2. The zero-order valence-corrected chi connectivity index (χ0v) is 22.4. The Kier molecular flexibility index (Phi) is 6.91. The third kappa shape index (κ3) is 4.17. The molecular formula is C28H39N5O3. The van der Waals surface area contributed by atoms with Crippen LogP contribution in [0.1, 0.15) is 65.9 Å². The predicted molar refractivity (Wildman–Crippen MR) is 138 cm³/mol. The predicted octanol–water partition coefficient (Wildman–Crippen LogP) is 3.14. The van der Waals surface area contributed by atoms with Gasteiger partial charge in [-0.05, 0) is 57.2 Å². The van der Waals surface area contributed by atoms with Crippen LogP contribution in [0.25, 0.3) is 0 Å². The van der Waals surface area contributed by atoms with Crippen molar-refractivity contribution >= 4 is 23.4 Å². The van der Waals surface area contributed by atoms with Crippen LogP contribution in [-0.2, 0) is 19.8 Å². The minimum Gasteiger partial charge on any atom is -0.332 e. The zero-order chi connectivity index (χ0) is 26.4. The number of likely N-dealkylation sites (tertiary alicyclic amines) is 2. The van der Waals surface area contributed by atoms with E-state index < -0.39 is 17.5 Å². The molecule has 0 saturated carbocycles. The summed E-state index contributed by atoms with van der Waals surface area (Å²) in [6, 6.07) is 8.08. The van der Waals surface area contributed by atoms with Crippen molar-refractivity contribution in [1.82, 2.24) is 14.7 Å². The summed E-state index contributed by atoms with van der Waals surface area (Å²) in [6.45, 7) is 11.3. The number of likely N-dealkylation sites (N-methyl/N-ethyl adjacent to an activating group) is 2. The molecule has 3 amide bonds. The number of amides is 3. The molecule has 1 spiro atoms. The van der Waals surface area contributed by atoms with Crippen LogP contribution in [0.15, 0.2) is 24.3 Å². The number of nitrogens with one attached hydrogen (secondary N) is 1. The van der Waals surface area contributed by atoms with Crippen molar-refractivity contribution in [2.45, 2.75) is 89.4 Å². The van der Waals surface area contributed by atoms with Gasteiger partial charge in [0, 0.05) is 31.2 Å². The second-order valence-corrected chi connectivity index (χ2v) is 11.6. The van der Waals surface area contributed by atoms with E-state index in [1.165, 1.54) is 0 Å². The van der Waals surface area contributed by atoms with Crippen molar-refractivity contribution in [2.75, 3.05) is 25.5 Å². The molecule has 0 aromatic heterocycles. The van der Waals surface area contributed by atoms with E-state index in [9.17, 15) is 19.6 Å². The summed E-state index contributed by atoms with van der Waals surface area (Å²) >= 11 is 0. The first-order chi connectivity index (χ1) is 17.0. The number of para-hydroxylation sites is 1. The van der Waals surface area contributed by atoms with Crippen LogP contribution in [0.3, 0.4) is 0 Å². The summed E-state index contributed by atoms with van der Waals surface area (Å²) in [5, 5.41) is 12.9. The number of hydrogen-bond donors (Lipinski definition) is 1. The van der Waals surface area contributed by atoms with Crippen molar-refractivity contribution in [1.29, 1.82) is 5.26 Å². The monoisotopic (exact) mass is 493 g/mol. The van der Waals surface area contributed by atoms with Gasteiger partial charge in [0.15, 0.2) is 0 Å². The fraction of sp³-hybridized carbons (Fsp3) is 0.643. The van der Waals surface area contributed by atoms with Gasteiger partial charge in [-0.1, -0.05) is 39.0 Å². The molecule has 194 valence electrons. The van der Waals surface area contributed by atoms with Crippen LogP contribution in [0.5, 0.6) is 0 Å². The molecular weight excluding hydrogens is 454 g/mol. The highest BCUT2D eigenvalue weighted by Crippen LogP contribution is 2.46. The summed E-state index contributed by atoms with van der Waals surface area (Å²) in [5.41, 5.74) is 0.570. The molecule has 1 aromatic carbocycles. The largest absolute Gasteiger partial charge is 0.332 e. The van der Waals surface area contributed by atoms with Gasteiger partial charge in [-0.15, -0.1) is 0 Å². The van der Waals surface area contributed by atoms with Gasteiger partial charge in [-0.2, -0.15) is 5.26 Å². The van der Waals surface area contributed by atoms with Crippen LogP contribution < -0.4 is 5.32 Å². The Bertz CT molecular complexity index is 1090. The van der Waals surface area contributed by atoms with Crippen LogP contribution >= 0.6 is 0 Å². The molecule has 0 aliphatic carbocycles. The lowest BCUT2D eigenvalue weighted by Crippen LogP contribution is -2.56. The topological polar surface area (TPSA) is 96.8 Å². The number of carbonyl (C=O) groups is 3. The summed E-state index contributed by atoms with van der Waals surface area (Å²) < 4.78 is 0. The lowest BCUT2D eigenvalue weighted by Gasteiger charge is -2.38. The molecule has 2 saturated heterocycles. The van der Waals surface area contributed by atoms with E-state index in [0.717, 1.165) is 30.6 Å². The van der Waals surface area contributed by atoms with Crippen molar-refractivity contribution in [3.8, 4) is 6.07 Å². The number of fused-ring (bicyclic) bond motifs is 2. The average molecular weight is 494 g/mol. The lowest BCUT2D eigenvalue weighted by molar-refractivity contribution is -0.148. The molecule has 3 aliphatic rings. The Morgan fingerprint density at radius 2 is 1.97 bits per heavy atom. The van der Waals surface area contributed by atoms with Crippen LogP contribution in [0.2, 0.25) is 0 Å². The number of benzene rings is 1. The Labute approximate surface area is 214 Å². The van der Waals surface area contributed by atoms with E-state index in [-0.39, 0.29) is 48.2 Å². The Morgan fingerprint density at radius 1 is 1.28 bits per heavy atom. The number of rotatable bonds is 6. The SMILES string of the molecule is CCN1[C@H](C(=O)N(C)[C@@H](CC(C)C)C(=O)N2C[C@]3(C[C@H]2C#N)C(=O)Nc2ccccc23)CCC1(C)C. The molecule has 8 heteroatoms. The molecule has 4 atom stereocenters. The van der Waals surface area contributed by atoms with E-state index in [2.05, 4.69) is 37.1 Å². The third-order valence-corrected chi connectivity index (χ3v) is 8.52. The van der Waals surface area contributed by atoms with Gasteiger partial charge in [0.2, 0.25) is 17.7 Å². The Hall–Kier alpha value is -2.92. The Balaban J connectivity index is 1.62. The number of hydrogen-bond acceptors (Lipinski definition) is 5. The maximum Gasteiger partial charge on any atom is 0.246 e. The molecule has 3 aliphatic heterocycles. The maximum atomic E-state index is 14.1. The summed E-state index contributed by atoms with van der Waals surface area (Å²) in [5.74, 6) is -0.298. The molecule has 36 heavy (non-hydrogen) atoms. The molecule has 0 radical (unpaired) electrons. The smallest absolute Gasteiger partial charge is 0.246 e. The lowest BCUT2D eigenvalue weighted by atomic mass is 9.80. The molecule has 2 fully saturated rings. The first-order valence-electron chi connectivity index (χ1n) is 13.1. The van der Waals surface area contributed by atoms with E-state index in [4.69, 9.17) is 0 Å². The summed E-state index contributed by atoms with van der Waals surface area (Å²) in [7, 11) is 1.72. The molecule has 8 nitrogen and oxygen atoms in total. The van der Waals surface area contributed by atoms with Gasteiger partial charge in [-0.25, -0.2) is 0 Å². The minimum atomic E-state index is -0.938. The van der Waals surface area contributed by atoms with Crippen molar-refractivity contribution in [2.24, 2.45) is 5.92 Å². The number of nitrogens with zero attached hydrogens (tertiary/aromatic N) is 4. The van der Waals surface area contributed by atoms with Gasteiger partial charge in [0.05, 0.1) is 17.5 Å². The van der Waals surface area contributed by atoms with Crippen molar-refractivity contribution in [3.63, 3.8) is 0 Å². The number of carbonyl (C=O) groups excluding carboxylic acids is 3. The van der Waals surface area contributed by atoms with Crippen molar-refractivity contribution < 1.29 is 14.4 Å². The maximum absolute atomic E-state index is 14.1. The van der Waals surface area contributed by atoms with Gasteiger partial charge in [-0.3, -0.25) is 19.3 Å². The number of nitriles is 1. The molecule has 1 N–H and O–H groups in total.